The molecule has 2 atom stereocenters. The molecule has 3 fully saturated rings. The van der Waals surface area contributed by atoms with Gasteiger partial charge in [-0.3, -0.25) is 4.79 Å². The molecule has 2 aliphatic heterocycles. The van der Waals surface area contributed by atoms with Crippen LogP contribution in [0, 0.1) is 5.41 Å². The summed E-state index contributed by atoms with van der Waals surface area (Å²) >= 11 is 0. The number of fused-ring (bicyclic) bond motifs is 1. The molecular weight excluding hydrogens is 220 g/mol. The highest BCUT2D eigenvalue weighted by molar-refractivity contribution is 5.92. The van der Waals surface area contributed by atoms with Crippen molar-refractivity contribution in [3.05, 3.63) is 0 Å². The first-order chi connectivity index (χ1) is 7.33. The highest BCUT2D eigenvalue weighted by Gasteiger charge is 2.79. The third-order valence-electron chi connectivity index (χ3n) is 4.27. The van der Waals surface area contributed by atoms with Gasteiger partial charge >= 0.3 is 5.97 Å². The Labute approximate surface area is 90.2 Å². The van der Waals surface area contributed by atoms with E-state index in [1.807, 2.05) is 0 Å². The second-order valence-electron chi connectivity index (χ2n) is 5.15. The van der Waals surface area contributed by atoms with Crippen molar-refractivity contribution in [2.24, 2.45) is 5.41 Å². The van der Waals surface area contributed by atoms with Crippen LogP contribution in [-0.4, -0.2) is 39.9 Å². The lowest BCUT2D eigenvalue weighted by atomic mass is 9.88. The molecule has 1 aliphatic carbocycles. The van der Waals surface area contributed by atoms with Gasteiger partial charge in [0.15, 0.2) is 0 Å². The Kier molecular flexibility index (Phi) is 1.49. The Morgan fingerprint density at radius 3 is 2.44 bits per heavy atom. The van der Waals surface area contributed by atoms with Crippen LogP contribution in [0.5, 0.6) is 0 Å². The van der Waals surface area contributed by atoms with Crippen molar-refractivity contribution in [3.63, 3.8) is 0 Å². The number of carbonyl (C=O) groups is 2. The van der Waals surface area contributed by atoms with Gasteiger partial charge < -0.3 is 10.0 Å². The number of carbonyl (C=O) groups excluding carboxylic acids is 1. The van der Waals surface area contributed by atoms with Crippen LogP contribution in [0.3, 0.4) is 0 Å². The fourth-order valence-corrected chi connectivity index (χ4v) is 3.21. The van der Waals surface area contributed by atoms with Crippen molar-refractivity contribution < 1.29 is 23.5 Å². The van der Waals surface area contributed by atoms with E-state index < -0.39 is 22.8 Å². The third kappa shape index (κ3) is 0.888. The number of nitrogens with zero attached hydrogens (tertiary/aromatic N) is 1. The van der Waals surface area contributed by atoms with Crippen molar-refractivity contribution in [2.45, 2.75) is 37.1 Å². The molecule has 6 heteroatoms. The number of hydrogen-bond donors (Lipinski definition) is 1. The van der Waals surface area contributed by atoms with E-state index in [0.29, 0.717) is 0 Å². The Balaban J connectivity index is 1.99. The highest BCUT2D eigenvalue weighted by Crippen LogP contribution is 2.69. The van der Waals surface area contributed by atoms with Crippen molar-refractivity contribution in [3.8, 4) is 0 Å². The van der Waals surface area contributed by atoms with Crippen LogP contribution in [-0.2, 0) is 9.59 Å². The molecule has 1 N–H and O–H groups in total. The third-order valence-corrected chi connectivity index (χ3v) is 4.27. The smallest absolute Gasteiger partial charge is 0.329 e. The van der Waals surface area contributed by atoms with Gasteiger partial charge in [0, 0.05) is 19.4 Å². The van der Waals surface area contributed by atoms with Crippen LogP contribution in [0.1, 0.15) is 25.7 Å². The minimum atomic E-state index is -2.79. The van der Waals surface area contributed by atoms with Gasteiger partial charge in [-0.1, -0.05) is 0 Å². The molecule has 2 saturated heterocycles. The number of carboxylic acids is 1. The maximum atomic E-state index is 13.2. The molecule has 2 heterocycles. The lowest BCUT2D eigenvalue weighted by Gasteiger charge is -2.26. The summed E-state index contributed by atoms with van der Waals surface area (Å²) in [4.78, 5) is 23.9. The van der Waals surface area contributed by atoms with Crippen LogP contribution in [0.15, 0.2) is 0 Å². The van der Waals surface area contributed by atoms with E-state index in [2.05, 4.69) is 0 Å². The van der Waals surface area contributed by atoms with E-state index in [9.17, 15) is 23.5 Å². The van der Waals surface area contributed by atoms with Crippen LogP contribution >= 0.6 is 0 Å². The molecule has 16 heavy (non-hydrogen) atoms. The van der Waals surface area contributed by atoms with Crippen LogP contribution in [0.2, 0.25) is 0 Å². The average Bonchev–Trinajstić information content (AvgIpc) is 2.49. The molecule has 1 saturated carbocycles. The fraction of sp³-hybridized carbons (Fsp3) is 0.800. The van der Waals surface area contributed by atoms with Gasteiger partial charge in [-0.2, -0.15) is 0 Å². The molecule has 0 bridgehead atoms. The summed E-state index contributed by atoms with van der Waals surface area (Å²) < 4.78 is 26.5. The normalized spacial score (nSPS) is 43.9. The Bertz CT molecular complexity index is 411. The van der Waals surface area contributed by atoms with E-state index in [0.717, 1.165) is 4.90 Å². The largest absolute Gasteiger partial charge is 0.479 e. The Hall–Kier alpha value is -1.20. The lowest BCUT2D eigenvalue weighted by molar-refractivity contribution is -0.151. The highest BCUT2D eigenvalue weighted by atomic mass is 19.3. The van der Waals surface area contributed by atoms with Crippen LogP contribution < -0.4 is 0 Å². The molecule has 0 aromatic carbocycles. The van der Waals surface area contributed by atoms with Gasteiger partial charge in [0.05, 0.1) is 5.41 Å². The van der Waals surface area contributed by atoms with Crippen molar-refractivity contribution >= 4 is 11.9 Å². The van der Waals surface area contributed by atoms with E-state index in [1.165, 1.54) is 0 Å². The molecule has 1 unspecified atom stereocenters. The van der Waals surface area contributed by atoms with Gasteiger partial charge in [0.2, 0.25) is 5.91 Å². The van der Waals surface area contributed by atoms with Crippen LogP contribution in [0.25, 0.3) is 0 Å². The second-order valence-corrected chi connectivity index (χ2v) is 5.15. The summed E-state index contributed by atoms with van der Waals surface area (Å²) in [6, 6.07) is 0. The molecule has 3 rings (SSSR count). The number of rotatable bonds is 1. The molecule has 4 nitrogen and oxygen atoms in total. The van der Waals surface area contributed by atoms with E-state index in [4.69, 9.17) is 0 Å². The van der Waals surface area contributed by atoms with E-state index in [1.54, 1.807) is 0 Å². The number of alkyl halides is 2. The number of aliphatic carboxylic acids is 1. The van der Waals surface area contributed by atoms with E-state index in [-0.39, 0.29) is 38.1 Å². The molecule has 0 aromatic rings. The van der Waals surface area contributed by atoms with Gasteiger partial charge in [-0.15, -0.1) is 0 Å². The monoisotopic (exact) mass is 231 g/mol. The zero-order valence-corrected chi connectivity index (χ0v) is 8.50. The predicted octanol–water partition coefficient (Wildman–Crippen LogP) is 0.861. The summed E-state index contributed by atoms with van der Waals surface area (Å²) in [5.74, 6) is -4.24. The quantitative estimate of drug-likeness (QED) is 0.728. The van der Waals surface area contributed by atoms with Gasteiger partial charge in [0.25, 0.3) is 5.92 Å². The van der Waals surface area contributed by atoms with Crippen molar-refractivity contribution in [2.75, 3.05) is 6.54 Å². The van der Waals surface area contributed by atoms with E-state index >= 15 is 0 Å². The Morgan fingerprint density at radius 1 is 1.38 bits per heavy atom. The number of amides is 1. The first-order valence-electron chi connectivity index (χ1n) is 5.25. The molecular formula is C10H11F2NO3. The number of halogens is 2. The Morgan fingerprint density at radius 2 is 2.00 bits per heavy atom. The zero-order chi connectivity index (χ0) is 11.8. The van der Waals surface area contributed by atoms with Gasteiger partial charge in [0.1, 0.15) is 5.54 Å². The minimum absolute atomic E-state index is 0.0892. The first-order valence-corrected chi connectivity index (χ1v) is 5.25. The molecule has 0 aromatic heterocycles. The molecule has 1 amide bonds. The molecule has 0 radical (unpaired) electrons. The number of hydrogen-bond acceptors (Lipinski definition) is 2. The summed E-state index contributed by atoms with van der Waals surface area (Å²) in [6.07, 6.45) is -0.0418. The lowest BCUT2D eigenvalue weighted by Crippen LogP contribution is -2.47. The minimum Gasteiger partial charge on any atom is -0.479 e. The van der Waals surface area contributed by atoms with Gasteiger partial charge in [-0.05, 0) is 12.8 Å². The van der Waals surface area contributed by atoms with Crippen LogP contribution in [0.4, 0.5) is 8.78 Å². The molecule has 88 valence electrons. The first kappa shape index (κ1) is 9.99. The maximum Gasteiger partial charge on any atom is 0.329 e. The average molecular weight is 231 g/mol. The maximum absolute atomic E-state index is 13.2. The summed E-state index contributed by atoms with van der Waals surface area (Å²) in [5.41, 5.74) is -2.60. The zero-order valence-electron chi connectivity index (χ0n) is 8.50. The number of carboxylic acid groups (broad SMARTS) is 1. The molecule has 1 spiro atoms. The molecule has 3 aliphatic rings. The second kappa shape index (κ2) is 2.38. The van der Waals surface area contributed by atoms with Gasteiger partial charge in [-0.25, -0.2) is 13.6 Å². The van der Waals surface area contributed by atoms with Crippen molar-refractivity contribution in [1.29, 1.82) is 0 Å². The summed E-state index contributed by atoms with van der Waals surface area (Å²) in [6.45, 7) is -0.0921. The topological polar surface area (TPSA) is 57.6 Å². The predicted molar refractivity (Wildman–Crippen MR) is 47.9 cm³/mol. The van der Waals surface area contributed by atoms with Crippen molar-refractivity contribution in [1.82, 2.24) is 4.90 Å². The standard InChI is InChI=1S/C10H11F2NO3/c11-10(12)4-8(10)3-9(7(15)16)2-1-6(14)13(9)5-8/h1-5H2,(H,15,16)/t8?,9-/m0/s1. The summed E-state index contributed by atoms with van der Waals surface area (Å²) in [5, 5.41) is 9.18. The SMILES string of the molecule is O=C1CC[C@@]2(C(=O)O)CC3(CN12)CC3(F)F. The fourth-order valence-electron chi connectivity index (χ4n) is 3.21. The summed E-state index contributed by atoms with van der Waals surface area (Å²) in [7, 11) is 0.